The summed E-state index contributed by atoms with van der Waals surface area (Å²) in [5, 5.41) is 9.80. The fourth-order valence-electron chi connectivity index (χ4n) is 1.91. The molecule has 0 aliphatic rings. The molecular formula is C16H17NO2. The van der Waals surface area contributed by atoms with E-state index < -0.39 is 0 Å². The smallest absolute Gasteiger partial charge is 0.124 e. The number of hydrogen-bond acceptors (Lipinski definition) is 3. The molecule has 1 N–H and O–H groups in total. The van der Waals surface area contributed by atoms with Crippen LogP contribution in [0.4, 0.5) is 5.69 Å². The maximum absolute atomic E-state index is 9.80. The summed E-state index contributed by atoms with van der Waals surface area (Å²) >= 11 is 0. The molecule has 98 valence electrons. The van der Waals surface area contributed by atoms with Gasteiger partial charge in [0.2, 0.25) is 0 Å². The Morgan fingerprint density at radius 3 is 2.42 bits per heavy atom. The van der Waals surface area contributed by atoms with Crippen LogP contribution in [-0.2, 0) is 0 Å². The van der Waals surface area contributed by atoms with Crippen LogP contribution in [-0.4, -0.2) is 18.4 Å². The largest absolute Gasteiger partial charge is 0.507 e. The number of benzene rings is 2. The highest BCUT2D eigenvalue weighted by Crippen LogP contribution is 2.25. The average Bonchev–Trinajstić information content (AvgIpc) is 2.40. The second-order valence-electron chi connectivity index (χ2n) is 4.42. The van der Waals surface area contributed by atoms with E-state index >= 15 is 0 Å². The van der Waals surface area contributed by atoms with Gasteiger partial charge in [0.25, 0.3) is 0 Å². The molecule has 0 fully saturated rings. The van der Waals surface area contributed by atoms with Crippen LogP contribution < -0.4 is 4.74 Å². The number of aromatic hydroxyl groups is 1. The molecule has 3 heteroatoms. The third-order valence-electron chi connectivity index (χ3n) is 3.01. The van der Waals surface area contributed by atoms with Crippen LogP contribution >= 0.6 is 0 Å². The van der Waals surface area contributed by atoms with E-state index in [9.17, 15) is 5.11 Å². The minimum absolute atomic E-state index is 0.191. The van der Waals surface area contributed by atoms with Crippen LogP contribution in [0.15, 0.2) is 41.4 Å². The summed E-state index contributed by atoms with van der Waals surface area (Å²) in [5.74, 6) is 0.886. The zero-order valence-corrected chi connectivity index (χ0v) is 11.3. The van der Waals surface area contributed by atoms with Gasteiger partial charge in [-0.3, -0.25) is 4.99 Å². The topological polar surface area (TPSA) is 41.8 Å². The van der Waals surface area contributed by atoms with Crippen molar-refractivity contribution in [3.63, 3.8) is 0 Å². The summed E-state index contributed by atoms with van der Waals surface area (Å²) in [4.78, 5) is 4.47. The molecule has 3 nitrogen and oxygen atoms in total. The molecule has 0 aromatic heterocycles. The van der Waals surface area contributed by atoms with Crippen molar-refractivity contribution in [2.75, 3.05) is 7.11 Å². The Labute approximate surface area is 113 Å². The molecule has 0 aliphatic carbocycles. The van der Waals surface area contributed by atoms with E-state index in [2.05, 4.69) is 4.99 Å². The Balaban J connectivity index is 2.37. The summed E-state index contributed by atoms with van der Waals surface area (Å²) in [5.41, 5.74) is 3.80. The van der Waals surface area contributed by atoms with Gasteiger partial charge >= 0.3 is 0 Å². The SMILES string of the molecule is COc1ccc(O)c(C=Nc2c(C)cccc2C)c1. The predicted molar refractivity (Wildman–Crippen MR) is 77.8 cm³/mol. The Morgan fingerprint density at radius 2 is 1.79 bits per heavy atom. The highest BCUT2D eigenvalue weighted by Gasteiger charge is 2.02. The van der Waals surface area contributed by atoms with Crippen LogP contribution in [0.5, 0.6) is 11.5 Å². The number of hydrogen-bond donors (Lipinski definition) is 1. The molecule has 0 bridgehead atoms. The van der Waals surface area contributed by atoms with Crippen LogP contribution in [0.25, 0.3) is 0 Å². The van der Waals surface area contributed by atoms with E-state index in [-0.39, 0.29) is 5.75 Å². The first-order chi connectivity index (χ1) is 9.11. The molecule has 0 saturated carbocycles. The quantitative estimate of drug-likeness (QED) is 0.848. The van der Waals surface area contributed by atoms with Crippen molar-refractivity contribution >= 4 is 11.9 Å². The molecule has 0 atom stereocenters. The second kappa shape index (κ2) is 5.57. The zero-order chi connectivity index (χ0) is 13.8. The molecule has 0 spiro atoms. The van der Waals surface area contributed by atoms with Gasteiger partial charge in [-0.2, -0.15) is 0 Å². The molecule has 0 aliphatic heterocycles. The van der Waals surface area contributed by atoms with Gasteiger partial charge < -0.3 is 9.84 Å². The van der Waals surface area contributed by atoms with Crippen LogP contribution in [0, 0.1) is 13.8 Å². The van der Waals surface area contributed by atoms with E-state index in [4.69, 9.17) is 4.74 Å². The Kier molecular flexibility index (Phi) is 3.85. The lowest BCUT2D eigenvalue weighted by molar-refractivity contribution is 0.412. The van der Waals surface area contributed by atoms with E-state index in [0.717, 1.165) is 16.8 Å². The number of rotatable bonds is 3. The fourth-order valence-corrected chi connectivity index (χ4v) is 1.91. The maximum Gasteiger partial charge on any atom is 0.124 e. The Morgan fingerprint density at radius 1 is 1.11 bits per heavy atom. The van der Waals surface area contributed by atoms with Crippen LogP contribution in [0.2, 0.25) is 0 Å². The fraction of sp³-hybridized carbons (Fsp3) is 0.188. The number of phenols is 1. The summed E-state index contributed by atoms with van der Waals surface area (Å²) < 4.78 is 5.14. The van der Waals surface area contributed by atoms with Crippen LogP contribution in [0.3, 0.4) is 0 Å². The third kappa shape index (κ3) is 2.94. The van der Waals surface area contributed by atoms with Crippen molar-refractivity contribution in [3.05, 3.63) is 53.1 Å². The van der Waals surface area contributed by atoms with Gasteiger partial charge in [-0.25, -0.2) is 0 Å². The van der Waals surface area contributed by atoms with E-state index in [1.807, 2.05) is 32.0 Å². The first kappa shape index (κ1) is 13.1. The minimum Gasteiger partial charge on any atom is -0.507 e. The van der Waals surface area contributed by atoms with E-state index in [0.29, 0.717) is 11.3 Å². The lowest BCUT2D eigenvalue weighted by atomic mass is 10.1. The lowest BCUT2D eigenvalue weighted by Crippen LogP contribution is -1.88. The molecule has 2 aromatic rings. The maximum atomic E-state index is 9.80. The first-order valence-electron chi connectivity index (χ1n) is 6.09. The van der Waals surface area contributed by atoms with Gasteiger partial charge in [0.1, 0.15) is 11.5 Å². The van der Waals surface area contributed by atoms with Crippen LogP contribution in [0.1, 0.15) is 16.7 Å². The van der Waals surface area contributed by atoms with E-state index in [1.54, 1.807) is 31.5 Å². The average molecular weight is 255 g/mol. The minimum atomic E-state index is 0.191. The predicted octanol–water partition coefficient (Wildman–Crippen LogP) is 3.77. The number of phenolic OH excluding ortho intramolecular Hbond substituents is 1. The molecule has 0 heterocycles. The van der Waals surface area contributed by atoms with Gasteiger partial charge in [0, 0.05) is 11.8 Å². The summed E-state index contributed by atoms with van der Waals surface area (Å²) in [6.45, 7) is 4.04. The normalized spacial score (nSPS) is 10.9. The van der Waals surface area contributed by atoms with Gasteiger partial charge in [-0.15, -0.1) is 0 Å². The number of ether oxygens (including phenoxy) is 1. The van der Waals surface area contributed by atoms with Crippen molar-refractivity contribution in [3.8, 4) is 11.5 Å². The highest BCUT2D eigenvalue weighted by molar-refractivity contribution is 5.86. The van der Waals surface area contributed by atoms with Crippen molar-refractivity contribution in [2.24, 2.45) is 4.99 Å². The standard InChI is InChI=1S/C16H17NO2/c1-11-5-4-6-12(2)16(11)17-10-13-9-14(19-3)7-8-15(13)18/h4-10,18H,1-3H3. The molecule has 0 radical (unpaired) electrons. The molecule has 0 unspecified atom stereocenters. The Bertz CT molecular complexity index is 598. The van der Waals surface area contributed by atoms with Gasteiger partial charge in [-0.05, 0) is 43.2 Å². The van der Waals surface area contributed by atoms with Crippen molar-refractivity contribution in [1.82, 2.24) is 0 Å². The monoisotopic (exact) mass is 255 g/mol. The molecule has 19 heavy (non-hydrogen) atoms. The molecule has 2 rings (SSSR count). The van der Waals surface area contributed by atoms with Crippen molar-refractivity contribution in [1.29, 1.82) is 0 Å². The van der Waals surface area contributed by atoms with Crippen molar-refractivity contribution in [2.45, 2.75) is 13.8 Å². The number of aryl methyl sites for hydroxylation is 2. The number of nitrogens with zero attached hydrogens (tertiary/aromatic N) is 1. The summed E-state index contributed by atoms with van der Waals surface area (Å²) in [6, 6.07) is 11.1. The number of aliphatic imine (C=N–C) groups is 1. The van der Waals surface area contributed by atoms with Crippen molar-refractivity contribution < 1.29 is 9.84 Å². The highest BCUT2D eigenvalue weighted by atomic mass is 16.5. The third-order valence-corrected chi connectivity index (χ3v) is 3.01. The molecule has 2 aromatic carbocycles. The van der Waals surface area contributed by atoms with Gasteiger partial charge in [0.15, 0.2) is 0 Å². The summed E-state index contributed by atoms with van der Waals surface area (Å²) in [7, 11) is 1.60. The molecule has 0 amide bonds. The number of methoxy groups -OCH3 is 1. The Hall–Kier alpha value is -2.29. The first-order valence-corrected chi connectivity index (χ1v) is 6.09. The molecular weight excluding hydrogens is 238 g/mol. The van der Waals surface area contributed by atoms with E-state index in [1.165, 1.54) is 0 Å². The lowest BCUT2D eigenvalue weighted by Gasteiger charge is -2.05. The number of para-hydroxylation sites is 1. The molecule has 0 saturated heterocycles. The zero-order valence-electron chi connectivity index (χ0n) is 11.3. The van der Waals surface area contributed by atoms with Gasteiger partial charge in [-0.1, -0.05) is 18.2 Å². The summed E-state index contributed by atoms with van der Waals surface area (Å²) in [6.07, 6.45) is 1.66. The second-order valence-corrected chi connectivity index (χ2v) is 4.42. The van der Waals surface area contributed by atoms with Gasteiger partial charge in [0.05, 0.1) is 12.8 Å².